The molecule has 5 heteroatoms. The fourth-order valence-electron chi connectivity index (χ4n) is 1.54. The first kappa shape index (κ1) is 12.9. The summed E-state index contributed by atoms with van der Waals surface area (Å²) in [6.45, 7) is 0.188. The highest BCUT2D eigenvalue weighted by Gasteiger charge is 2.04. The van der Waals surface area contributed by atoms with E-state index in [2.05, 4.69) is 0 Å². The molecule has 2 rings (SSSR count). The Bertz CT molecular complexity index is 596. The molecule has 0 aliphatic carbocycles. The average Bonchev–Trinajstić information content (AvgIpc) is 2.40. The quantitative estimate of drug-likeness (QED) is 0.830. The van der Waals surface area contributed by atoms with Crippen molar-refractivity contribution in [3.8, 4) is 5.75 Å². The lowest BCUT2D eigenvalue weighted by atomic mass is 10.1. The molecule has 2 aromatic carbocycles. The van der Waals surface area contributed by atoms with E-state index in [0.29, 0.717) is 5.69 Å². The first-order chi connectivity index (χ1) is 9.06. The van der Waals surface area contributed by atoms with E-state index in [-0.39, 0.29) is 17.9 Å². The monoisotopic (exact) mass is 261 g/mol. The molecule has 4 nitrogen and oxygen atoms in total. The van der Waals surface area contributed by atoms with Gasteiger partial charge in [0.2, 0.25) is 0 Å². The molecule has 0 heterocycles. The third-order valence-corrected chi connectivity index (χ3v) is 2.57. The molecule has 98 valence electrons. The van der Waals surface area contributed by atoms with Crippen LogP contribution in [0.4, 0.5) is 10.1 Å². The van der Waals surface area contributed by atoms with Crippen molar-refractivity contribution in [1.29, 1.82) is 0 Å². The maximum Gasteiger partial charge on any atom is 0.335 e. The molecular weight excluding hydrogens is 249 g/mol. The van der Waals surface area contributed by atoms with Crippen LogP contribution in [0.1, 0.15) is 15.9 Å². The van der Waals surface area contributed by atoms with Gasteiger partial charge in [0, 0.05) is 6.07 Å². The fourth-order valence-corrected chi connectivity index (χ4v) is 1.54. The first-order valence-corrected chi connectivity index (χ1v) is 5.56. The number of halogens is 1. The van der Waals surface area contributed by atoms with E-state index in [0.717, 1.165) is 5.56 Å². The Labute approximate surface area is 109 Å². The SMILES string of the molecule is Nc1ccc(F)cc1OCc1ccc(C(=O)O)cc1. The topological polar surface area (TPSA) is 72.5 Å². The van der Waals surface area contributed by atoms with Gasteiger partial charge in [0.25, 0.3) is 0 Å². The molecule has 0 saturated heterocycles. The number of nitrogen functional groups attached to an aromatic ring is 1. The zero-order valence-corrected chi connectivity index (χ0v) is 9.97. The number of carboxylic acid groups (broad SMARTS) is 1. The number of carbonyl (C=O) groups is 1. The molecule has 0 spiro atoms. The van der Waals surface area contributed by atoms with E-state index in [4.69, 9.17) is 15.6 Å². The Balaban J connectivity index is 2.06. The number of ether oxygens (including phenoxy) is 1. The molecule has 2 aromatic rings. The van der Waals surface area contributed by atoms with Crippen LogP contribution in [0.3, 0.4) is 0 Å². The van der Waals surface area contributed by atoms with E-state index in [1.54, 1.807) is 12.1 Å². The number of anilines is 1. The molecule has 3 N–H and O–H groups in total. The van der Waals surface area contributed by atoms with Gasteiger partial charge in [0.1, 0.15) is 18.2 Å². The number of hydrogen-bond donors (Lipinski definition) is 2. The van der Waals surface area contributed by atoms with Gasteiger partial charge in [0.15, 0.2) is 0 Å². The number of hydrogen-bond acceptors (Lipinski definition) is 3. The lowest BCUT2D eigenvalue weighted by Gasteiger charge is -2.09. The van der Waals surface area contributed by atoms with E-state index in [1.807, 2.05) is 0 Å². The summed E-state index contributed by atoms with van der Waals surface area (Å²) in [5.74, 6) is -1.14. The highest BCUT2D eigenvalue weighted by Crippen LogP contribution is 2.23. The molecule has 0 unspecified atom stereocenters. The third-order valence-electron chi connectivity index (χ3n) is 2.57. The van der Waals surface area contributed by atoms with Crippen molar-refractivity contribution in [3.63, 3.8) is 0 Å². The van der Waals surface area contributed by atoms with Crippen molar-refractivity contribution >= 4 is 11.7 Å². The minimum absolute atomic E-state index is 0.188. The predicted molar refractivity (Wildman–Crippen MR) is 68.5 cm³/mol. The van der Waals surface area contributed by atoms with Gasteiger partial charge in [-0.25, -0.2) is 9.18 Å². The van der Waals surface area contributed by atoms with Gasteiger partial charge in [-0.15, -0.1) is 0 Å². The van der Waals surface area contributed by atoms with Gasteiger partial charge in [-0.1, -0.05) is 12.1 Å². The van der Waals surface area contributed by atoms with Gasteiger partial charge >= 0.3 is 5.97 Å². The standard InChI is InChI=1S/C14H12FNO3/c15-11-5-6-12(16)13(7-11)19-8-9-1-3-10(4-2-9)14(17)18/h1-7H,8,16H2,(H,17,18). The minimum Gasteiger partial charge on any atom is -0.487 e. The van der Waals surface area contributed by atoms with E-state index in [9.17, 15) is 9.18 Å². The summed E-state index contributed by atoms with van der Waals surface area (Å²) in [4.78, 5) is 10.7. The van der Waals surface area contributed by atoms with Crippen LogP contribution in [0.25, 0.3) is 0 Å². The van der Waals surface area contributed by atoms with E-state index < -0.39 is 11.8 Å². The molecular formula is C14H12FNO3. The van der Waals surface area contributed by atoms with E-state index >= 15 is 0 Å². The molecule has 0 aliphatic rings. The molecule has 0 amide bonds. The van der Waals surface area contributed by atoms with Crippen molar-refractivity contribution in [1.82, 2.24) is 0 Å². The number of carboxylic acids is 1. The van der Waals surface area contributed by atoms with E-state index in [1.165, 1.54) is 30.3 Å². The van der Waals surface area contributed by atoms with Crippen LogP contribution in [-0.2, 0) is 6.61 Å². The molecule has 0 radical (unpaired) electrons. The number of rotatable bonds is 4. The average molecular weight is 261 g/mol. The summed E-state index contributed by atoms with van der Waals surface area (Å²) in [5, 5.41) is 8.76. The number of benzene rings is 2. The van der Waals surface area contributed by atoms with Crippen LogP contribution in [0, 0.1) is 5.82 Å². The predicted octanol–water partition coefficient (Wildman–Crippen LogP) is 2.69. The number of nitrogens with two attached hydrogens (primary N) is 1. The van der Waals surface area contributed by atoms with Gasteiger partial charge in [0.05, 0.1) is 11.3 Å². The normalized spacial score (nSPS) is 10.2. The second-order valence-corrected chi connectivity index (χ2v) is 3.97. The fraction of sp³-hybridized carbons (Fsp3) is 0.0714. The Hall–Kier alpha value is -2.56. The maximum atomic E-state index is 13.0. The van der Waals surface area contributed by atoms with Gasteiger partial charge < -0.3 is 15.6 Å². The molecule has 19 heavy (non-hydrogen) atoms. The Morgan fingerprint density at radius 2 is 1.89 bits per heavy atom. The van der Waals surface area contributed by atoms with Crippen molar-refractivity contribution in [2.75, 3.05) is 5.73 Å². The zero-order chi connectivity index (χ0) is 13.8. The third kappa shape index (κ3) is 3.22. The largest absolute Gasteiger partial charge is 0.487 e. The summed E-state index contributed by atoms with van der Waals surface area (Å²) >= 11 is 0. The Morgan fingerprint density at radius 1 is 1.21 bits per heavy atom. The lowest BCUT2D eigenvalue weighted by Crippen LogP contribution is -2.00. The summed E-state index contributed by atoms with van der Waals surface area (Å²) in [5.41, 5.74) is 6.97. The van der Waals surface area contributed by atoms with Crippen LogP contribution in [0.5, 0.6) is 5.75 Å². The summed E-state index contributed by atoms with van der Waals surface area (Å²) < 4.78 is 18.4. The summed E-state index contributed by atoms with van der Waals surface area (Å²) in [6.07, 6.45) is 0. The van der Waals surface area contributed by atoms with Crippen LogP contribution in [0.2, 0.25) is 0 Å². The van der Waals surface area contributed by atoms with Crippen molar-refractivity contribution in [2.24, 2.45) is 0 Å². The van der Waals surface area contributed by atoms with Crippen LogP contribution in [0.15, 0.2) is 42.5 Å². The lowest BCUT2D eigenvalue weighted by molar-refractivity contribution is 0.0697. The molecule has 0 saturated carbocycles. The Kier molecular flexibility index (Phi) is 3.66. The second-order valence-electron chi connectivity index (χ2n) is 3.97. The minimum atomic E-state index is -0.984. The van der Waals surface area contributed by atoms with Crippen molar-refractivity contribution in [3.05, 3.63) is 59.4 Å². The van der Waals surface area contributed by atoms with Gasteiger partial charge in [-0.2, -0.15) is 0 Å². The van der Waals surface area contributed by atoms with Crippen LogP contribution in [-0.4, -0.2) is 11.1 Å². The van der Waals surface area contributed by atoms with Gasteiger partial charge in [-0.05, 0) is 29.8 Å². The second kappa shape index (κ2) is 5.39. The van der Waals surface area contributed by atoms with Crippen LogP contribution >= 0.6 is 0 Å². The molecule has 0 atom stereocenters. The zero-order valence-electron chi connectivity index (χ0n) is 9.97. The van der Waals surface area contributed by atoms with Crippen LogP contribution < -0.4 is 10.5 Å². The maximum absolute atomic E-state index is 13.0. The molecule has 0 aliphatic heterocycles. The molecule has 0 fully saturated rings. The number of aromatic carboxylic acids is 1. The van der Waals surface area contributed by atoms with Gasteiger partial charge in [-0.3, -0.25) is 0 Å². The van der Waals surface area contributed by atoms with Crippen molar-refractivity contribution < 1.29 is 19.0 Å². The molecule has 0 aromatic heterocycles. The summed E-state index contributed by atoms with van der Waals surface area (Å²) in [6, 6.07) is 10.1. The molecule has 0 bridgehead atoms. The summed E-state index contributed by atoms with van der Waals surface area (Å²) in [7, 11) is 0. The highest BCUT2D eigenvalue weighted by molar-refractivity contribution is 5.87. The first-order valence-electron chi connectivity index (χ1n) is 5.56. The highest BCUT2D eigenvalue weighted by atomic mass is 19.1. The smallest absolute Gasteiger partial charge is 0.335 e. The Morgan fingerprint density at radius 3 is 2.53 bits per heavy atom. The van der Waals surface area contributed by atoms with Crippen molar-refractivity contribution in [2.45, 2.75) is 6.61 Å².